The fourth-order valence-electron chi connectivity index (χ4n) is 1.88. The Bertz CT molecular complexity index is 877. The van der Waals surface area contributed by atoms with Crippen molar-refractivity contribution in [2.24, 2.45) is 0 Å². The molecule has 0 unspecified atom stereocenters. The van der Waals surface area contributed by atoms with Gasteiger partial charge in [-0.25, -0.2) is 18.7 Å². The van der Waals surface area contributed by atoms with Crippen LogP contribution in [0.15, 0.2) is 41.1 Å². The van der Waals surface area contributed by atoms with Crippen LogP contribution in [-0.4, -0.2) is 21.0 Å². The Labute approximate surface area is 134 Å². The van der Waals surface area contributed by atoms with E-state index in [4.69, 9.17) is 4.52 Å². The third-order valence-electron chi connectivity index (χ3n) is 2.96. The lowest BCUT2D eigenvalue weighted by Crippen LogP contribution is -2.16. The van der Waals surface area contributed by atoms with E-state index in [1.807, 2.05) is 0 Å². The largest absolute Gasteiger partial charge is 0.360 e. The average molecular weight is 331 g/mol. The summed E-state index contributed by atoms with van der Waals surface area (Å²) in [6, 6.07) is 6.21. The van der Waals surface area contributed by atoms with E-state index in [0.717, 1.165) is 12.1 Å². The number of nitrogens with zero attached hydrogens (tertiary/aromatic N) is 3. The molecule has 3 aromatic rings. The molecule has 0 atom stereocenters. The lowest BCUT2D eigenvalue weighted by atomic mass is 10.2. The Morgan fingerprint density at radius 3 is 2.62 bits per heavy atom. The summed E-state index contributed by atoms with van der Waals surface area (Å²) in [5.74, 6) is -1.50. The second-order valence-electron chi connectivity index (χ2n) is 4.76. The summed E-state index contributed by atoms with van der Waals surface area (Å²) in [7, 11) is 0. The minimum atomic E-state index is -0.881. The molecule has 0 spiro atoms. The fraction of sp³-hybridized carbons (Fsp3) is 0.0667. The number of aryl methyl sites for hydroxylation is 1. The highest BCUT2D eigenvalue weighted by molar-refractivity contribution is 6.03. The molecule has 0 fully saturated rings. The topological polar surface area (TPSA) is 92.9 Å². The predicted molar refractivity (Wildman–Crippen MR) is 80.9 cm³/mol. The van der Waals surface area contributed by atoms with Crippen LogP contribution in [0.2, 0.25) is 0 Å². The van der Waals surface area contributed by atoms with E-state index in [-0.39, 0.29) is 11.6 Å². The molecule has 7 nitrogen and oxygen atoms in total. The van der Waals surface area contributed by atoms with Crippen molar-refractivity contribution in [3.8, 4) is 0 Å². The molecule has 122 valence electrons. The number of halogens is 2. The summed E-state index contributed by atoms with van der Waals surface area (Å²) < 4.78 is 32.0. The summed E-state index contributed by atoms with van der Waals surface area (Å²) in [5, 5.41) is 8.61. The Morgan fingerprint density at radius 2 is 1.96 bits per heavy atom. The number of para-hydroxylation sites is 1. The molecule has 0 radical (unpaired) electrons. The average Bonchev–Trinajstić information content (AvgIpc) is 2.96. The summed E-state index contributed by atoms with van der Waals surface area (Å²) in [5.41, 5.74) is -0.613. The van der Waals surface area contributed by atoms with Crippen LogP contribution in [0, 0.1) is 18.6 Å². The van der Waals surface area contributed by atoms with Crippen molar-refractivity contribution in [2.75, 3.05) is 10.6 Å². The number of nitrogens with one attached hydrogen (secondary N) is 2. The lowest BCUT2D eigenvalue weighted by Gasteiger charge is -2.07. The number of hydrogen-bond donors (Lipinski definition) is 2. The molecular formula is C15H11F2N5O2. The maximum Gasteiger partial charge on any atom is 0.274 e. The molecular weight excluding hydrogens is 320 g/mol. The van der Waals surface area contributed by atoms with Crippen LogP contribution in [-0.2, 0) is 0 Å². The van der Waals surface area contributed by atoms with Gasteiger partial charge in [-0.3, -0.25) is 4.79 Å². The number of benzene rings is 1. The molecule has 0 aliphatic heterocycles. The number of hydrogen-bond acceptors (Lipinski definition) is 6. The highest BCUT2D eigenvalue weighted by Gasteiger charge is 2.15. The predicted octanol–water partition coefficient (Wildman–Crippen LogP) is 3.05. The van der Waals surface area contributed by atoms with Gasteiger partial charge in [0.15, 0.2) is 5.82 Å². The van der Waals surface area contributed by atoms with E-state index in [2.05, 4.69) is 25.8 Å². The van der Waals surface area contributed by atoms with Gasteiger partial charge in [-0.05, 0) is 25.1 Å². The Balaban J connectivity index is 1.79. The zero-order chi connectivity index (χ0) is 17.1. The van der Waals surface area contributed by atoms with Crippen molar-refractivity contribution < 1.29 is 18.1 Å². The number of anilines is 3. The van der Waals surface area contributed by atoms with Gasteiger partial charge < -0.3 is 15.2 Å². The van der Waals surface area contributed by atoms with E-state index >= 15 is 0 Å². The van der Waals surface area contributed by atoms with Gasteiger partial charge in [0.05, 0.1) is 0 Å². The quantitative estimate of drug-likeness (QED) is 0.763. The fourth-order valence-corrected chi connectivity index (χ4v) is 1.88. The molecule has 0 saturated heterocycles. The number of carbonyl (C=O) groups excluding carboxylic acids is 1. The maximum absolute atomic E-state index is 13.6. The first kappa shape index (κ1) is 15.5. The normalized spacial score (nSPS) is 10.5. The number of rotatable bonds is 4. The molecule has 1 amide bonds. The zero-order valence-electron chi connectivity index (χ0n) is 12.4. The molecule has 24 heavy (non-hydrogen) atoms. The standard InChI is InChI=1S/C15H11F2N5O2/c1-8-7-12(22-24-8)20-15-18-6-5-11(19-15)14(23)21-13-9(16)3-2-4-10(13)17/h2-7H,1H3,(H,21,23)(H,18,19,20,22). The molecule has 0 bridgehead atoms. The third kappa shape index (κ3) is 3.35. The SMILES string of the molecule is Cc1cc(Nc2nccc(C(=O)Nc3c(F)cccc3F)n2)no1. The Hall–Kier alpha value is -3.36. The van der Waals surface area contributed by atoms with Gasteiger partial charge in [-0.1, -0.05) is 11.2 Å². The molecule has 2 heterocycles. The van der Waals surface area contributed by atoms with E-state index in [0.29, 0.717) is 11.6 Å². The lowest BCUT2D eigenvalue weighted by molar-refractivity contribution is 0.102. The van der Waals surface area contributed by atoms with Crippen LogP contribution in [0.25, 0.3) is 0 Å². The Kier molecular flexibility index (Phi) is 4.15. The van der Waals surface area contributed by atoms with Gasteiger partial charge in [-0.15, -0.1) is 0 Å². The summed E-state index contributed by atoms with van der Waals surface area (Å²) >= 11 is 0. The first-order valence-corrected chi connectivity index (χ1v) is 6.81. The molecule has 3 rings (SSSR count). The van der Waals surface area contributed by atoms with Crippen LogP contribution in [0.3, 0.4) is 0 Å². The van der Waals surface area contributed by atoms with Crippen molar-refractivity contribution >= 4 is 23.4 Å². The van der Waals surface area contributed by atoms with Crippen LogP contribution < -0.4 is 10.6 Å². The van der Waals surface area contributed by atoms with Crippen LogP contribution in [0.4, 0.5) is 26.2 Å². The van der Waals surface area contributed by atoms with Gasteiger partial charge in [0.25, 0.3) is 5.91 Å². The van der Waals surface area contributed by atoms with E-state index in [9.17, 15) is 13.6 Å². The maximum atomic E-state index is 13.6. The number of aromatic nitrogens is 3. The van der Waals surface area contributed by atoms with Crippen LogP contribution >= 0.6 is 0 Å². The first-order chi connectivity index (χ1) is 11.5. The minimum Gasteiger partial charge on any atom is -0.360 e. The second kappa shape index (κ2) is 6.41. The molecule has 1 aromatic carbocycles. The minimum absolute atomic E-state index is 0.0737. The van der Waals surface area contributed by atoms with Gasteiger partial charge in [0.1, 0.15) is 28.8 Å². The van der Waals surface area contributed by atoms with E-state index in [1.54, 1.807) is 13.0 Å². The van der Waals surface area contributed by atoms with Crippen molar-refractivity contribution in [3.05, 3.63) is 59.6 Å². The van der Waals surface area contributed by atoms with Crippen molar-refractivity contribution in [1.29, 1.82) is 0 Å². The molecule has 9 heteroatoms. The van der Waals surface area contributed by atoms with E-state index < -0.39 is 23.2 Å². The van der Waals surface area contributed by atoms with Crippen LogP contribution in [0.5, 0.6) is 0 Å². The van der Waals surface area contributed by atoms with Crippen molar-refractivity contribution in [2.45, 2.75) is 6.92 Å². The summed E-state index contributed by atoms with van der Waals surface area (Å²) in [6.07, 6.45) is 1.33. The highest BCUT2D eigenvalue weighted by Crippen LogP contribution is 2.19. The highest BCUT2D eigenvalue weighted by atomic mass is 19.1. The summed E-state index contributed by atoms with van der Waals surface area (Å²) in [4.78, 5) is 20.0. The second-order valence-corrected chi connectivity index (χ2v) is 4.76. The van der Waals surface area contributed by atoms with Crippen LogP contribution in [0.1, 0.15) is 16.2 Å². The molecule has 0 saturated carbocycles. The van der Waals surface area contributed by atoms with Gasteiger partial charge >= 0.3 is 0 Å². The molecule has 0 aliphatic carbocycles. The third-order valence-corrected chi connectivity index (χ3v) is 2.96. The van der Waals surface area contributed by atoms with Gasteiger partial charge in [0, 0.05) is 12.3 Å². The van der Waals surface area contributed by atoms with Gasteiger partial charge in [0.2, 0.25) is 5.95 Å². The number of carbonyl (C=O) groups is 1. The zero-order valence-corrected chi connectivity index (χ0v) is 12.4. The molecule has 2 N–H and O–H groups in total. The summed E-state index contributed by atoms with van der Waals surface area (Å²) in [6.45, 7) is 1.71. The monoisotopic (exact) mass is 331 g/mol. The number of amides is 1. The van der Waals surface area contributed by atoms with Gasteiger partial charge in [-0.2, -0.15) is 0 Å². The smallest absolute Gasteiger partial charge is 0.274 e. The molecule has 0 aliphatic rings. The van der Waals surface area contributed by atoms with Crippen molar-refractivity contribution in [3.63, 3.8) is 0 Å². The van der Waals surface area contributed by atoms with Crippen molar-refractivity contribution in [1.82, 2.24) is 15.1 Å². The van der Waals surface area contributed by atoms with E-state index in [1.165, 1.54) is 18.3 Å². The molecule has 2 aromatic heterocycles. The Morgan fingerprint density at radius 1 is 1.21 bits per heavy atom. The first-order valence-electron chi connectivity index (χ1n) is 6.81.